The lowest BCUT2D eigenvalue weighted by molar-refractivity contribution is -0.0122. The van der Waals surface area contributed by atoms with Gasteiger partial charge in [0.25, 0.3) is 5.91 Å². The van der Waals surface area contributed by atoms with Gasteiger partial charge in [-0.2, -0.15) is 0 Å². The number of nitrogens with zero attached hydrogens (tertiary/aromatic N) is 1. The summed E-state index contributed by atoms with van der Waals surface area (Å²) < 4.78 is 6.52. The number of hydrogen-bond acceptors (Lipinski definition) is 4. The van der Waals surface area contributed by atoms with Crippen LogP contribution in [-0.4, -0.2) is 36.6 Å². The molecule has 1 aromatic carbocycles. The number of amides is 1. The number of carbonyl (C=O) groups is 1. The molecule has 2 aromatic rings. The molecule has 1 amide bonds. The van der Waals surface area contributed by atoms with Gasteiger partial charge in [-0.3, -0.25) is 4.79 Å². The molecular formula is C14H16N2O2S. The van der Waals surface area contributed by atoms with Crippen molar-refractivity contribution in [2.45, 2.75) is 13.0 Å². The molecule has 1 aliphatic rings. The number of anilines is 1. The molecule has 0 spiro atoms. The molecule has 5 heteroatoms. The van der Waals surface area contributed by atoms with Crippen LogP contribution in [0.3, 0.4) is 0 Å². The number of fused-ring (bicyclic) bond motifs is 1. The van der Waals surface area contributed by atoms with E-state index < -0.39 is 0 Å². The molecule has 100 valence electrons. The Hall–Kier alpha value is -1.59. The van der Waals surface area contributed by atoms with Crippen LogP contribution in [0.4, 0.5) is 5.69 Å². The summed E-state index contributed by atoms with van der Waals surface area (Å²) in [4.78, 5) is 15.0. The number of carbonyl (C=O) groups excluding carboxylic acids is 1. The number of hydrogen-bond donors (Lipinski definition) is 1. The van der Waals surface area contributed by atoms with Gasteiger partial charge in [0.15, 0.2) is 0 Å². The molecule has 1 unspecified atom stereocenters. The van der Waals surface area contributed by atoms with Crippen LogP contribution in [0.2, 0.25) is 0 Å². The molecule has 19 heavy (non-hydrogen) atoms. The SMILES string of the molecule is CC1CN(C(=O)c2sc3ccccc3c2N)CCO1. The van der Waals surface area contributed by atoms with E-state index in [2.05, 4.69) is 0 Å². The van der Waals surface area contributed by atoms with Crippen molar-refractivity contribution >= 4 is 33.0 Å². The van der Waals surface area contributed by atoms with E-state index in [1.54, 1.807) is 0 Å². The first-order valence-electron chi connectivity index (χ1n) is 6.34. The number of benzene rings is 1. The summed E-state index contributed by atoms with van der Waals surface area (Å²) in [5.41, 5.74) is 6.71. The smallest absolute Gasteiger partial charge is 0.266 e. The zero-order valence-electron chi connectivity index (χ0n) is 10.8. The minimum Gasteiger partial charge on any atom is -0.397 e. The van der Waals surface area contributed by atoms with Crippen LogP contribution in [0, 0.1) is 0 Å². The molecule has 1 fully saturated rings. The Balaban J connectivity index is 1.95. The van der Waals surface area contributed by atoms with Gasteiger partial charge in [0.1, 0.15) is 4.88 Å². The molecule has 0 aliphatic carbocycles. The normalized spacial score (nSPS) is 19.8. The Morgan fingerprint density at radius 2 is 2.26 bits per heavy atom. The lowest BCUT2D eigenvalue weighted by Crippen LogP contribution is -2.44. The number of rotatable bonds is 1. The van der Waals surface area contributed by atoms with E-state index in [1.165, 1.54) is 11.3 Å². The highest BCUT2D eigenvalue weighted by atomic mass is 32.1. The van der Waals surface area contributed by atoms with Crippen molar-refractivity contribution in [3.8, 4) is 0 Å². The van der Waals surface area contributed by atoms with Gasteiger partial charge >= 0.3 is 0 Å². The predicted molar refractivity (Wildman–Crippen MR) is 77.6 cm³/mol. The maximum atomic E-state index is 12.5. The summed E-state index contributed by atoms with van der Waals surface area (Å²) in [6.07, 6.45) is 0.0910. The van der Waals surface area contributed by atoms with Gasteiger partial charge in [-0.1, -0.05) is 18.2 Å². The van der Waals surface area contributed by atoms with E-state index in [0.29, 0.717) is 30.3 Å². The second kappa shape index (κ2) is 4.83. The van der Waals surface area contributed by atoms with Crippen LogP contribution in [-0.2, 0) is 4.74 Å². The molecule has 0 radical (unpaired) electrons. The summed E-state index contributed by atoms with van der Waals surface area (Å²) in [6.45, 7) is 3.84. The van der Waals surface area contributed by atoms with Crippen molar-refractivity contribution < 1.29 is 9.53 Å². The fourth-order valence-corrected chi connectivity index (χ4v) is 3.46. The number of ether oxygens (including phenoxy) is 1. The molecule has 0 bridgehead atoms. The van der Waals surface area contributed by atoms with Crippen LogP contribution < -0.4 is 5.73 Å². The van der Waals surface area contributed by atoms with E-state index in [-0.39, 0.29) is 12.0 Å². The van der Waals surface area contributed by atoms with Crippen molar-refractivity contribution in [2.24, 2.45) is 0 Å². The first-order chi connectivity index (χ1) is 9.16. The van der Waals surface area contributed by atoms with Gasteiger partial charge in [0.2, 0.25) is 0 Å². The highest BCUT2D eigenvalue weighted by Crippen LogP contribution is 2.34. The number of nitrogen functional groups attached to an aromatic ring is 1. The molecule has 3 rings (SSSR count). The third-order valence-electron chi connectivity index (χ3n) is 3.36. The Bertz CT molecular complexity index is 623. The van der Waals surface area contributed by atoms with Gasteiger partial charge in [0, 0.05) is 23.2 Å². The van der Waals surface area contributed by atoms with Gasteiger partial charge in [-0.05, 0) is 13.0 Å². The minimum absolute atomic E-state index is 0.0221. The van der Waals surface area contributed by atoms with Gasteiger partial charge < -0.3 is 15.4 Å². The average molecular weight is 276 g/mol. The summed E-state index contributed by atoms with van der Waals surface area (Å²) in [5.74, 6) is 0.0221. The first-order valence-corrected chi connectivity index (χ1v) is 7.16. The molecule has 1 aliphatic heterocycles. The van der Waals surface area contributed by atoms with Crippen molar-refractivity contribution in [3.05, 3.63) is 29.1 Å². The van der Waals surface area contributed by atoms with E-state index in [1.807, 2.05) is 36.1 Å². The summed E-state index contributed by atoms with van der Waals surface area (Å²) in [6, 6.07) is 7.86. The van der Waals surface area contributed by atoms with E-state index in [4.69, 9.17) is 10.5 Å². The van der Waals surface area contributed by atoms with Crippen molar-refractivity contribution in [1.82, 2.24) is 4.90 Å². The number of morpholine rings is 1. The molecule has 2 heterocycles. The Labute approximate surface area is 115 Å². The topological polar surface area (TPSA) is 55.6 Å². The second-order valence-electron chi connectivity index (χ2n) is 4.77. The lowest BCUT2D eigenvalue weighted by Gasteiger charge is -2.30. The quantitative estimate of drug-likeness (QED) is 0.870. The van der Waals surface area contributed by atoms with E-state index in [0.717, 1.165) is 10.1 Å². The predicted octanol–water partition coefficient (Wildman–Crippen LogP) is 2.34. The summed E-state index contributed by atoms with van der Waals surface area (Å²) in [5, 5.41) is 0.970. The standard InChI is InChI=1S/C14H16N2O2S/c1-9-8-16(6-7-18-9)14(17)13-12(15)10-4-2-3-5-11(10)19-13/h2-5,9H,6-8,15H2,1H3. The fourth-order valence-electron chi connectivity index (χ4n) is 2.37. The molecule has 0 saturated carbocycles. The van der Waals surface area contributed by atoms with Crippen LogP contribution in [0.25, 0.3) is 10.1 Å². The third kappa shape index (κ3) is 2.19. The third-order valence-corrected chi connectivity index (χ3v) is 4.53. The maximum Gasteiger partial charge on any atom is 0.266 e. The van der Waals surface area contributed by atoms with Crippen molar-refractivity contribution in [3.63, 3.8) is 0 Å². The Morgan fingerprint density at radius 1 is 1.47 bits per heavy atom. The zero-order valence-corrected chi connectivity index (χ0v) is 11.6. The van der Waals surface area contributed by atoms with E-state index >= 15 is 0 Å². The van der Waals surface area contributed by atoms with Gasteiger partial charge in [-0.25, -0.2) is 0 Å². The van der Waals surface area contributed by atoms with Crippen LogP contribution >= 0.6 is 11.3 Å². The summed E-state index contributed by atoms with van der Waals surface area (Å²) in [7, 11) is 0. The molecule has 4 nitrogen and oxygen atoms in total. The second-order valence-corrected chi connectivity index (χ2v) is 5.83. The minimum atomic E-state index is 0.0221. The number of thiophene rings is 1. The van der Waals surface area contributed by atoms with Gasteiger partial charge in [-0.15, -0.1) is 11.3 Å². The van der Waals surface area contributed by atoms with Crippen LogP contribution in [0.5, 0.6) is 0 Å². The Kier molecular flexibility index (Phi) is 3.16. The van der Waals surface area contributed by atoms with E-state index in [9.17, 15) is 4.79 Å². The highest BCUT2D eigenvalue weighted by Gasteiger charge is 2.25. The van der Waals surface area contributed by atoms with Crippen molar-refractivity contribution in [1.29, 1.82) is 0 Å². The zero-order chi connectivity index (χ0) is 13.4. The first kappa shape index (κ1) is 12.4. The largest absolute Gasteiger partial charge is 0.397 e. The fraction of sp³-hybridized carbons (Fsp3) is 0.357. The monoisotopic (exact) mass is 276 g/mol. The van der Waals surface area contributed by atoms with Crippen LogP contribution in [0.15, 0.2) is 24.3 Å². The molecule has 1 atom stereocenters. The summed E-state index contributed by atoms with van der Waals surface area (Å²) >= 11 is 1.47. The molecule has 1 saturated heterocycles. The molecule has 1 aromatic heterocycles. The Morgan fingerprint density at radius 3 is 3.00 bits per heavy atom. The van der Waals surface area contributed by atoms with Gasteiger partial charge in [0.05, 0.1) is 18.4 Å². The average Bonchev–Trinajstić information content (AvgIpc) is 2.76. The highest BCUT2D eigenvalue weighted by molar-refractivity contribution is 7.21. The number of nitrogens with two attached hydrogens (primary N) is 1. The van der Waals surface area contributed by atoms with Crippen LogP contribution in [0.1, 0.15) is 16.6 Å². The maximum absolute atomic E-state index is 12.5. The lowest BCUT2D eigenvalue weighted by atomic mass is 10.2. The molecular weight excluding hydrogens is 260 g/mol. The molecule has 2 N–H and O–H groups in total. The van der Waals surface area contributed by atoms with Crippen molar-refractivity contribution in [2.75, 3.05) is 25.4 Å².